The van der Waals surface area contributed by atoms with Crippen LogP contribution in [0, 0.1) is 17.0 Å². The van der Waals surface area contributed by atoms with E-state index in [1.165, 1.54) is 30.3 Å². The van der Waals surface area contributed by atoms with Crippen LogP contribution in [0.1, 0.15) is 36.6 Å². The van der Waals surface area contributed by atoms with Crippen molar-refractivity contribution in [2.45, 2.75) is 6.92 Å². The molecule has 0 fully saturated rings. The second-order valence-electron chi connectivity index (χ2n) is 7.59. The van der Waals surface area contributed by atoms with Gasteiger partial charge in [0.1, 0.15) is 0 Å². The lowest BCUT2D eigenvalue weighted by molar-refractivity contribution is -0.384. The molecule has 36 heavy (non-hydrogen) atoms. The van der Waals surface area contributed by atoms with E-state index in [9.17, 15) is 29.6 Å². The number of nitro benzene ring substituents is 1. The second kappa shape index (κ2) is 10.8. The maximum atomic E-state index is 11.5. The highest BCUT2D eigenvalue weighted by atomic mass is 16.6. The SMILES string of the molecule is Cc1cc(C(=O)O)cc(C(=O)O)c1.O=C(O)c1ccn(-c2cccc([N+](=O)[O-])c2)c1-c1ccccc1. The van der Waals surface area contributed by atoms with Gasteiger partial charge in [0, 0.05) is 18.3 Å². The molecule has 1 heterocycles. The van der Waals surface area contributed by atoms with Gasteiger partial charge in [-0.15, -0.1) is 0 Å². The zero-order valence-corrected chi connectivity index (χ0v) is 18.9. The number of benzene rings is 3. The predicted octanol–water partition coefficient (Wildman–Crippen LogP) is 5.14. The number of hydrogen-bond acceptors (Lipinski definition) is 5. The molecule has 182 valence electrons. The van der Waals surface area contributed by atoms with Gasteiger partial charge in [-0.1, -0.05) is 36.4 Å². The molecular formula is C26H20N2O8. The monoisotopic (exact) mass is 488 g/mol. The molecule has 1 aromatic heterocycles. The fraction of sp³-hybridized carbons (Fsp3) is 0.0385. The van der Waals surface area contributed by atoms with Gasteiger partial charge in [-0.3, -0.25) is 10.1 Å². The lowest BCUT2D eigenvalue weighted by Crippen LogP contribution is -2.02. The van der Waals surface area contributed by atoms with Crippen molar-refractivity contribution >= 4 is 23.6 Å². The average Bonchev–Trinajstić information content (AvgIpc) is 3.30. The van der Waals surface area contributed by atoms with Crippen LogP contribution in [0.5, 0.6) is 0 Å². The molecule has 3 aromatic carbocycles. The Hall–Kier alpha value is -5.25. The van der Waals surface area contributed by atoms with Crippen molar-refractivity contribution in [1.29, 1.82) is 0 Å². The number of hydrogen-bond donors (Lipinski definition) is 3. The van der Waals surface area contributed by atoms with E-state index < -0.39 is 22.8 Å². The second-order valence-corrected chi connectivity index (χ2v) is 7.59. The molecule has 0 unspecified atom stereocenters. The number of carbonyl (C=O) groups is 3. The summed E-state index contributed by atoms with van der Waals surface area (Å²) in [5.41, 5.74) is 2.45. The Morgan fingerprint density at radius 2 is 1.39 bits per heavy atom. The summed E-state index contributed by atoms with van der Waals surface area (Å²) >= 11 is 0. The number of carboxylic acids is 3. The molecule has 0 aliphatic carbocycles. The Labute approximate surface area is 204 Å². The quantitative estimate of drug-likeness (QED) is 0.248. The minimum atomic E-state index is -1.12. The van der Waals surface area contributed by atoms with E-state index in [4.69, 9.17) is 10.2 Å². The number of aromatic carboxylic acids is 3. The lowest BCUT2D eigenvalue weighted by Gasteiger charge is -2.10. The number of aryl methyl sites for hydroxylation is 1. The van der Waals surface area contributed by atoms with E-state index >= 15 is 0 Å². The van der Waals surface area contributed by atoms with Crippen molar-refractivity contribution in [3.8, 4) is 16.9 Å². The van der Waals surface area contributed by atoms with E-state index in [1.54, 1.807) is 42.0 Å². The Bertz CT molecular complexity index is 1430. The van der Waals surface area contributed by atoms with Crippen LogP contribution in [0.15, 0.2) is 85.1 Å². The summed E-state index contributed by atoms with van der Waals surface area (Å²) in [5.74, 6) is -3.29. The first kappa shape index (κ1) is 25.4. The summed E-state index contributed by atoms with van der Waals surface area (Å²) in [5, 5.41) is 37.6. The molecule has 10 nitrogen and oxygen atoms in total. The minimum absolute atomic E-state index is 0.00241. The topological polar surface area (TPSA) is 160 Å². The molecule has 0 bridgehead atoms. The molecule has 0 aliphatic rings. The molecule has 0 radical (unpaired) electrons. The smallest absolute Gasteiger partial charge is 0.337 e. The summed E-state index contributed by atoms with van der Waals surface area (Å²) in [4.78, 5) is 43.0. The van der Waals surface area contributed by atoms with E-state index in [0.29, 0.717) is 16.9 Å². The molecule has 0 aliphatic heterocycles. The third kappa shape index (κ3) is 5.81. The largest absolute Gasteiger partial charge is 0.478 e. The lowest BCUT2D eigenvalue weighted by atomic mass is 10.1. The summed E-state index contributed by atoms with van der Waals surface area (Å²) in [6.07, 6.45) is 1.60. The third-order valence-corrected chi connectivity index (χ3v) is 5.05. The fourth-order valence-corrected chi connectivity index (χ4v) is 3.50. The van der Waals surface area contributed by atoms with Crippen molar-refractivity contribution in [3.63, 3.8) is 0 Å². The first-order valence-corrected chi connectivity index (χ1v) is 10.4. The molecule has 0 atom stereocenters. The van der Waals surface area contributed by atoms with Gasteiger partial charge in [-0.05, 0) is 48.4 Å². The van der Waals surface area contributed by atoms with Crippen molar-refractivity contribution in [3.05, 3.63) is 117 Å². The van der Waals surface area contributed by atoms with Gasteiger partial charge < -0.3 is 19.9 Å². The number of aromatic nitrogens is 1. The van der Waals surface area contributed by atoms with Crippen LogP contribution >= 0.6 is 0 Å². The Morgan fingerprint density at radius 3 is 1.92 bits per heavy atom. The number of nitrogens with zero attached hydrogens (tertiary/aromatic N) is 2. The molecule has 3 N–H and O–H groups in total. The molecule has 0 saturated carbocycles. The van der Waals surface area contributed by atoms with Gasteiger partial charge in [0.25, 0.3) is 5.69 Å². The first-order valence-electron chi connectivity index (χ1n) is 10.4. The number of nitro groups is 1. The third-order valence-electron chi connectivity index (χ3n) is 5.05. The van der Waals surface area contributed by atoms with Crippen LogP contribution < -0.4 is 0 Å². The van der Waals surface area contributed by atoms with Crippen molar-refractivity contribution < 1.29 is 34.6 Å². The van der Waals surface area contributed by atoms with Gasteiger partial charge in [0.15, 0.2) is 0 Å². The molecule has 0 amide bonds. The highest BCUT2D eigenvalue weighted by Crippen LogP contribution is 2.29. The summed E-state index contributed by atoms with van der Waals surface area (Å²) < 4.78 is 1.64. The van der Waals surface area contributed by atoms with E-state index in [-0.39, 0.29) is 22.4 Å². The van der Waals surface area contributed by atoms with Gasteiger partial charge in [0.2, 0.25) is 0 Å². The highest BCUT2D eigenvalue weighted by Gasteiger charge is 2.18. The van der Waals surface area contributed by atoms with Crippen molar-refractivity contribution in [2.75, 3.05) is 0 Å². The van der Waals surface area contributed by atoms with Crippen LogP contribution in [0.4, 0.5) is 5.69 Å². The minimum Gasteiger partial charge on any atom is -0.478 e. The summed E-state index contributed by atoms with van der Waals surface area (Å²) in [6, 6.07) is 20.6. The van der Waals surface area contributed by atoms with E-state index in [2.05, 4.69) is 0 Å². The number of rotatable bonds is 6. The molecule has 4 aromatic rings. The predicted molar refractivity (Wildman–Crippen MR) is 130 cm³/mol. The maximum Gasteiger partial charge on any atom is 0.337 e. The van der Waals surface area contributed by atoms with E-state index in [0.717, 1.165) is 11.6 Å². The van der Waals surface area contributed by atoms with Crippen LogP contribution in [-0.4, -0.2) is 42.7 Å². The summed E-state index contributed by atoms with van der Waals surface area (Å²) in [7, 11) is 0. The number of carboxylic acid groups (broad SMARTS) is 3. The molecular weight excluding hydrogens is 468 g/mol. The fourth-order valence-electron chi connectivity index (χ4n) is 3.50. The van der Waals surface area contributed by atoms with Crippen LogP contribution in [0.2, 0.25) is 0 Å². The Balaban J connectivity index is 0.000000236. The summed E-state index contributed by atoms with van der Waals surface area (Å²) in [6.45, 7) is 1.65. The zero-order chi connectivity index (χ0) is 26.4. The average molecular weight is 488 g/mol. The van der Waals surface area contributed by atoms with Crippen LogP contribution in [0.25, 0.3) is 16.9 Å². The van der Waals surface area contributed by atoms with Crippen LogP contribution in [-0.2, 0) is 0 Å². The van der Waals surface area contributed by atoms with Gasteiger partial charge >= 0.3 is 17.9 Å². The molecule has 0 spiro atoms. The van der Waals surface area contributed by atoms with Gasteiger partial charge in [-0.25, -0.2) is 14.4 Å². The van der Waals surface area contributed by atoms with Gasteiger partial charge in [-0.2, -0.15) is 0 Å². The van der Waals surface area contributed by atoms with Crippen molar-refractivity contribution in [1.82, 2.24) is 4.57 Å². The van der Waals surface area contributed by atoms with Gasteiger partial charge in [0.05, 0.1) is 33.0 Å². The molecule has 0 saturated heterocycles. The molecule has 4 rings (SSSR count). The Kier molecular flexibility index (Phi) is 7.60. The normalized spacial score (nSPS) is 10.1. The highest BCUT2D eigenvalue weighted by molar-refractivity contribution is 5.96. The van der Waals surface area contributed by atoms with Crippen LogP contribution in [0.3, 0.4) is 0 Å². The van der Waals surface area contributed by atoms with Crippen molar-refractivity contribution in [2.24, 2.45) is 0 Å². The number of non-ortho nitro benzene ring substituents is 1. The zero-order valence-electron chi connectivity index (χ0n) is 18.9. The standard InChI is InChI=1S/C17H12N2O4.C9H8O4/c20-17(21)15-9-10-18(16(15)12-5-2-1-3-6-12)13-7-4-8-14(11-13)19(22)23;1-5-2-6(8(10)11)4-7(3-5)9(12)13/h1-11H,(H,20,21);2-4H,1H3,(H,10,11)(H,12,13). The molecule has 10 heteroatoms. The Morgan fingerprint density at radius 1 is 0.778 bits per heavy atom. The first-order chi connectivity index (χ1) is 17.1. The van der Waals surface area contributed by atoms with E-state index in [1.807, 2.05) is 18.2 Å². The maximum absolute atomic E-state index is 11.5.